The molecule has 1 atom stereocenters. The van der Waals surface area contributed by atoms with Crippen LogP contribution in [0.15, 0.2) is 18.2 Å². The molecule has 0 bridgehead atoms. The van der Waals surface area contributed by atoms with E-state index < -0.39 is 17.6 Å². The number of imide groups is 1. The molecule has 2 aliphatic heterocycles. The van der Waals surface area contributed by atoms with Crippen molar-refractivity contribution in [1.82, 2.24) is 15.5 Å². The van der Waals surface area contributed by atoms with Crippen LogP contribution in [0.4, 0.5) is 10.5 Å². The van der Waals surface area contributed by atoms with Gasteiger partial charge in [0.05, 0.1) is 0 Å². The molecule has 3 aliphatic rings. The highest BCUT2D eigenvalue weighted by Crippen LogP contribution is 2.33. The van der Waals surface area contributed by atoms with Gasteiger partial charge >= 0.3 is 6.09 Å². The van der Waals surface area contributed by atoms with Gasteiger partial charge < -0.3 is 20.3 Å². The number of ether oxygens (including phenoxy) is 1. The maximum atomic E-state index is 13.0. The fraction of sp³-hybridized carbons (Fsp3) is 0.600. The fourth-order valence-corrected chi connectivity index (χ4v) is 4.99. The number of alkyl carbamates (subject to hydrolysis) is 1. The first-order valence-corrected chi connectivity index (χ1v) is 12.1. The van der Waals surface area contributed by atoms with Gasteiger partial charge in [0.25, 0.3) is 5.91 Å². The van der Waals surface area contributed by atoms with Crippen LogP contribution >= 0.6 is 0 Å². The summed E-state index contributed by atoms with van der Waals surface area (Å²) < 4.78 is 5.35. The van der Waals surface area contributed by atoms with Crippen LogP contribution in [-0.4, -0.2) is 52.9 Å². The van der Waals surface area contributed by atoms with Crippen LogP contribution in [0.2, 0.25) is 0 Å². The van der Waals surface area contributed by atoms with Crippen molar-refractivity contribution in [3.05, 3.63) is 29.3 Å². The maximum Gasteiger partial charge on any atom is 0.407 e. The second-order valence-electron chi connectivity index (χ2n) is 10.5. The zero-order valence-electron chi connectivity index (χ0n) is 20.1. The highest BCUT2D eigenvalue weighted by atomic mass is 16.6. The van der Waals surface area contributed by atoms with Gasteiger partial charge in [0.1, 0.15) is 11.6 Å². The SMILES string of the molecule is CC(C)(C)OC(=O)NC1CCC(CNc2cccc3c2CN(C2CCC(=O)NC2=O)C3=O)CC1. The van der Waals surface area contributed by atoms with Crippen molar-refractivity contribution in [1.29, 1.82) is 0 Å². The van der Waals surface area contributed by atoms with Gasteiger partial charge in [0.2, 0.25) is 11.8 Å². The van der Waals surface area contributed by atoms with Crippen LogP contribution in [-0.2, 0) is 20.9 Å². The van der Waals surface area contributed by atoms with Gasteiger partial charge in [-0.05, 0) is 70.9 Å². The van der Waals surface area contributed by atoms with Crippen molar-refractivity contribution >= 4 is 29.5 Å². The lowest BCUT2D eigenvalue weighted by Gasteiger charge is -2.30. The summed E-state index contributed by atoms with van der Waals surface area (Å²) in [4.78, 5) is 50.3. The number of anilines is 1. The second-order valence-corrected chi connectivity index (χ2v) is 10.5. The van der Waals surface area contributed by atoms with Gasteiger partial charge in [-0.3, -0.25) is 19.7 Å². The first-order chi connectivity index (χ1) is 16.1. The quantitative estimate of drug-likeness (QED) is 0.570. The van der Waals surface area contributed by atoms with E-state index in [0.29, 0.717) is 24.4 Å². The van der Waals surface area contributed by atoms with Crippen molar-refractivity contribution in [2.75, 3.05) is 11.9 Å². The van der Waals surface area contributed by atoms with E-state index in [1.807, 2.05) is 32.9 Å². The molecule has 0 radical (unpaired) electrons. The van der Waals surface area contributed by atoms with Gasteiger partial charge in [0, 0.05) is 42.4 Å². The molecule has 1 saturated carbocycles. The largest absolute Gasteiger partial charge is 0.444 e. The molecule has 2 fully saturated rings. The van der Waals surface area contributed by atoms with Gasteiger partial charge in [-0.15, -0.1) is 0 Å². The van der Waals surface area contributed by atoms with Crippen LogP contribution in [0.3, 0.4) is 0 Å². The van der Waals surface area contributed by atoms with E-state index in [-0.39, 0.29) is 30.4 Å². The van der Waals surface area contributed by atoms with E-state index in [9.17, 15) is 19.2 Å². The second kappa shape index (κ2) is 9.64. The predicted octanol–water partition coefficient (Wildman–Crippen LogP) is 2.94. The van der Waals surface area contributed by atoms with Crippen molar-refractivity contribution in [2.45, 2.75) is 83.5 Å². The third-order valence-electron chi connectivity index (χ3n) is 6.73. The molecule has 1 aliphatic carbocycles. The van der Waals surface area contributed by atoms with Gasteiger partial charge in [-0.2, -0.15) is 0 Å². The summed E-state index contributed by atoms with van der Waals surface area (Å²) in [6, 6.07) is 5.14. The van der Waals surface area contributed by atoms with Crippen molar-refractivity contribution in [3.63, 3.8) is 0 Å². The highest BCUT2D eigenvalue weighted by molar-refractivity contribution is 6.06. The Morgan fingerprint density at radius 3 is 2.53 bits per heavy atom. The van der Waals surface area contributed by atoms with Crippen LogP contribution in [0.5, 0.6) is 0 Å². The number of hydrogen-bond donors (Lipinski definition) is 3. The van der Waals surface area contributed by atoms with Crippen molar-refractivity contribution in [3.8, 4) is 0 Å². The number of amides is 4. The van der Waals surface area contributed by atoms with E-state index in [4.69, 9.17) is 4.74 Å². The Hall–Kier alpha value is -3.10. The number of nitrogens with one attached hydrogen (secondary N) is 3. The van der Waals surface area contributed by atoms with E-state index in [1.165, 1.54) is 0 Å². The molecule has 0 aromatic heterocycles. The Labute approximate surface area is 200 Å². The number of rotatable bonds is 5. The van der Waals surface area contributed by atoms with E-state index in [1.54, 1.807) is 11.0 Å². The van der Waals surface area contributed by atoms with Crippen LogP contribution in [0.1, 0.15) is 75.2 Å². The smallest absolute Gasteiger partial charge is 0.407 e. The van der Waals surface area contributed by atoms with E-state index >= 15 is 0 Å². The number of carbonyl (C=O) groups excluding carboxylic acids is 4. The van der Waals surface area contributed by atoms with Gasteiger partial charge in [0.15, 0.2) is 0 Å². The zero-order chi connectivity index (χ0) is 24.5. The van der Waals surface area contributed by atoms with E-state index in [2.05, 4.69) is 16.0 Å². The lowest BCUT2D eigenvalue weighted by atomic mass is 9.86. The molecule has 9 nitrogen and oxygen atoms in total. The average molecular weight is 471 g/mol. The van der Waals surface area contributed by atoms with Crippen LogP contribution in [0.25, 0.3) is 0 Å². The summed E-state index contributed by atoms with van der Waals surface area (Å²) in [6.07, 6.45) is 4.02. The predicted molar refractivity (Wildman–Crippen MR) is 126 cm³/mol. The summed E-state index contributed by atoms with van der Waals surface area (Å²) in [5, 5.41) is 8.83. The zero-order valence-corrected chi connectivity index (χ0v) is 20.1. The van der Waals surface area contributed by atoms with Gasteiger partial charge in [-0.25, -0.2) is 4.79 Å². The molecule has 1 saturated heterocycles. The number of hydrogen-bond acceptors (Lipinski definition) is 6. The number of nitrogens with zero attached hydrogens (tertiary/aromatic N) is 1. The van der Waals surface area contributed by atoms with Crippen molar-refractivity contribution in [2.24, 2.45) is 5.92 Å². The topological polar surface area (TPSA) is 117 Å². The maximum absolute atomic E-state index is 13.0. The molecular formula is C25H34N4O5. The summed E-state index contributed by atoms with van der Waals surface area (Å²) in [5.41, 5.74) is 1.92. The molecular weight excluding hydrogens is 436 g/mol. The number of fused-ring (bicyclic) bond motifs is 1. The molecule has 4 rings (SSSR count). The normalized spacial score (nSPS) is 25.0. The summed E-state index contributed by atoms with van der Waals surface area (Å²) >= 11 is 0. The average Bonchev–Trinajstić information content (AvgIpc) is 3.09. The molecule has 0 spiro atoms. The molecule has 1 unspecified atom stereocenters. The Bertz CT molecular complexity index is 978. The minimum Gasteiger partial charge on any atom is -0.444 e. The molecule has 184 valence electrons. The minimum absolute atomic E-state index is 0.131. The summed E-state index contributed by atoms with van der Waals surface area (Å²) in [7, 11) is 0. The summed E-state index contributed by atoms with van der Waals surface area (Å²) in [6.45, 7) is 6.70. The molecule has 9 heteroatoms. The third-order valence-corrected chi connectivity index (χ3v) is 6.73. The first kappa shape index (κ1) is 24.0. The molecule has 1 aromatic rings. The lowest BCUT2D eigenvalue weighted by Crippen LogP contribution is -2.52. The Morgan fingerprint density at radius 1 is 1.12 bits per heavy atom. The standard InChI is InChI=1S/C25H34N4O5/c1-25(2,3)34-24(33)27-16-9-7-15(8-10-16)13-26-19-6-4-5-17-18(19)14-29(23(17)32)20-11-12-21(30)28-22(20)31/h4-6,15-16,20,26H,7-14H2,1-3H3,(H,27,33)(H,28,30,31). The lowest BCUT2D eigenvalue weighted by molar-refractivity contribution is -0.136. The highest BCUT2D eigenvalue weighted by Gasteiger charge is 2.39. The van der Waals surface area contributed by atoms with Crippen LogP contribution < -0.4 is 16.0 Å². The third kappa shape index (κ3) is 5.51. The molecule has 4 amide bonds. The van der Waals surface area contributed by atoms with Crippen molar-refractivity contribution < 1.29 is 23.9 Å². The number of piperidine rings is 1. The number of benzene rings is 1. The molecule has 1 aromatic carbocycles. The van der Waals surface area contributed by atoms with Gasteiger partial charge in [-0.1, -0.05) is 6.07 Å². The molecule has 2 heterocycles. The number of carbonyl (C=O) groups is 4. The molecule has 3 N–H and O–H groups in total. The minimum atomic E-state index is -0.613. The Balaban J connectivity index is 1.30. The van der Waals surface area contributed by atoms with E-state index in [0.717, 1.165) is 43.5 Å². The van der Waals surface area contributed by atoms with Crippen LogP contribution in [0, 0.1) is 5.92 Å². The fourth-order valence-electron chi connectivity index (χ4n) is 4.99. The molecule has 34 heavy (non-hydrogen) atoms. The summed E-state index contributed by atoms with van der Waals surface area (Å²) in [5.74, 6) is -0.384. The Morgan fingerprint density at radius 2 is 1.85 bits per heavy atom. The Kier molecular flexibility index (Phi) is 6.81. The first-order valence-electron chi connectivity index (χ1n) is 12.1. The monoisotopic (exact) mass is 470 g/mol.